The van der Waals surface area contributed by atoms with Gasteiger partial charge in [-0.05, 0) is 43.7 Å². The number of urea groups is 1. The first kappa shape index (κ1) is 13.9. The van der Waals surface area contributed by atoms with Crippen molar-refractivity contribution in [3.05, 3.63) is 29.8 Å². The molecule has 1 fully saturated rings. The first-order valence-electron chi connectivity index (χ1n) is 7.49. The molecule has 2 amide bonds. The fourth-order valence-corrected chi connectivity index (χ4v) is 3.28. The van der Waals surface area contributed by atoms with E-state index in [2.05, 4.69) is 5.32 Å². The Morgan fingerprint density at radius 2 is 2.00 bits per heavy atom. The van der Waals surface area contributed by atoms with Crippen molar-refractivity contribution >= 4 is 17.7 Å². The van der Waals surface area contributed by atoms with Crippen LogP contribution in [0.25, 0.3) is 0 Å². The summed E-state index contributed by atoms with van der Waals surface area (Å²) in [5.41, 5.74) is 1.58. The molecule has 1 aromatic rings. The van der Waals surface area contributed by atoms with Gasteiger partial charge in [-0.15, -0.1) is 0 Å². The van der Waals surface area contributed by atoms with Gasteiger partial charge in [-0.1, -0.05) is 18.2 Å². The molecule has 1 heterocycles. The van der Waals surface area contributed by atoms with Crippen LogP contribution in [0.1, 0.15) is 37.7 Å². The van der Waals surface area contributed by atoms with E-state index < -0.39 is 11.5 Å². The van der Waals surface area contributed by atoms with Crippen molar-refractivity contribution in [2.45, 2.75) is 44.1 Å². The number of nitrogens with zero attached hydrogens (tertiary/aromatic N) is 1. The van der Waals surface area contributed by atoms with Crippen molar-refractivity contribution in [1.29, 1.82) is 0 Å². The molecule has 0 saturated heterocycles. The molecule has 0 radical (unpaired) electrons. The highest BCUT2D eigenvalue weighted by molar-refractivity contribution is 5.94. The first-order chi connectivity index (χ1) is 10.1. The minimum atomic E-state index is -0.853. The van der Waals surface area contributed by atoms with Crippen molar-refractivity contribution in [2.75, 3.05) is 11.4 Å². The summed E-state index contributed by atoms with van der Waals surface area (Å²) in [5.74, 6) is -0.853. The van der Waals surface area contributed by atoms with Gasteiger partial charge in [0, 0.05) is 12.2 Å². The third kappa shape index (κ3) is 2.73. The zero-order valence-corrected chi connectivity index (χ0v) is 12.0. The molecule has 0 atom stereocenters. The SMILES string of the molecule is O=C(O)CC1(NC(=O)N2CCCc3ccccc32)CCC1. The van der Waals surface area contributed by atoms with Gasteiger partial charge in [-0.2, -0.15) is 0 Å². The molecular weight excluding hydrogens is 268 g/mol. The van der Waals surface area contributed by atoms with Gasteiger partial charge in [-0.25, -0.2) is 4.79 Å². The number of carboxylic acid groups (broad SMARTS) is 1. The second-order valence-corrected chi connectivity index (χ2v) is 6.02. The lowest BCUT2D eigenvalue weighted by atomic mass is 9.74. The summed E-state index contributed by atoms with van der Waals surface area (Å²) in [6.45, 7) is 0.687. The number of aryl methyl sites for hydroxylation is 1. The Morgan fingerprint density at radius 3 is 2.67 bits per heavy atom. The summed E-state index contributed by atoms with van der Waals surface area (Å²) < 4.78 is 0. The minimum Gasteiger partial charge on any atom is -0.481 e. The number of carboxylic acids is 1. The second kappa shape index (κ2) is 5.39. The molecule has 1 aliphatic carbocycles. The zero-order valence-electron chi connectivity index (χ0n) is 12.0. The number of amides is 2. The summed E-state index contributed by atoms with van der Waals surface area (Å²) in [6.07, 6.45) is 4.41. The molecule has 0 aromatic heterocycles. The average Bonchev–Trinajstić information content (AvgIpc) is 2.43. The largest absolute Gasteiger partial charge is 0.481 e. The molecular formula is C16H20N2O3. The maximum Gasteiger partial charge on any atom is 0.322 e. The van der Waals surface area contributed by atoms with Gasteiger partial charge in [0.2, 0.25) is 0 Å². The number of hydrogen-bond acceptors (Lipinski definition) is 2. The smallest absolute Gasteiger partial charge is 0.322 e. The zero-order chi connectivity index (χ0) is 14.9. The van der Waals surface area contributed by atoms with Gasteiger partial charge in [0.1, 0.15) is 0 Å². The monoisotopic (exact) mass is 288 g/mol. The third-order valence-electron chi connectivity index (χ3n) is 4.53. The van der Waals surface area contributed by atoms with Crippen LogP contribution >= 0.6 is 0 Å². The Labute approximate surface area is 123 Å². The summed E-state index contributed by atoms with van der Waals surface area (Å²) in [6, 6.07) is 7.76. The van der Waals surface area contributed by atoms with Crippen LogP contribution in [0.4, 0.5) is 10.5 Å². The van der Waals surface area contributed by atoms with E-state index in [0.29, 0.717) is 6.54 Å². The highest BCUT2D eigenvalue weighted by Crippen LogP contribution is 2.36. The number of benzene rings is 1. The summed E-state index contributed by atoms with van der Waals surface area (Å²) in [5, 5.41) is 12.0. The van der Waals surface area contributed by atoms with E-state index in [0.717, 1.165) is 37.8 Å². The maximum absolute atomic E-state index is 12.6. The van der Waals surface area contributed by atoms with Crippen LogP contribution in [0.5, 0.6) is 0 Å². The molecule has 3 rings (SSSR count). The fraction of sp³-hybridized carbons (Fsp3) is 0.500. The highest BCUT2D eigenvalue weighted by Gasteiger charge is 2.41. The molecule has 2 N–H and O–H groups in total. The number of rotatable bonds is 3. The highest BCUT2D eigenvalue weighted by atomic mass is 16.4. The van der Waals surface area contributed by atoms with Crippen molar-refractivity contribution in [2.24, 2.45) is 0 Å². The molecule has 0 spiro atoms. The van der Waals surface area contributed by atoms with Crippen molar-refractivity contribution < 1.29 is 14.7 Å². The normalized spacial score (nSPS) is 19.3. The summed E-state index contributed by atoms with van der Waals surface area (Å²) in [7, 11) is 0. The van der Waals surface area contributed by atoms with E-state index in [9.17, 15) is 9.59 Å². The number of carbonyl (C=O) groups is 2. The van der Waals surface area contributed by atoms with Gasteiger partial charge in [0.15, 0.2) is 0 Å². The second-order valence-electron chi connectivity index (χ2n) is 6.02. The van der Waals surface area contributed by atoms with E-state index in [-0.39, 0.29) is 12.5 Å². The van der Waals surface area contributed by atoms with Gasteiger partial charge < -0.3 is 10.4 Å². The molecule has 0 unspecified atom stereocenters. The predicted molar refractivity (Wildman–Crippen MR) is 79.5 cm³/mol. The lowest BCUT2D eigenvalue weighted by Gasteiger charge is -2.43. The molecule has 0 bridgehead atoms. The minimum absolute atomic E-state index is 0.00816. The molecule has 112 valence electrons. The van der Waals surface area contributed by atoms with Crippen LogP contribution in [0, 0.1) is 0 Å². The lowest BCUT2D eigenvalue weighted by Crippen LogP contribution is -2.58. The Hall–Kier alpha value is -2.04. The first-order valence-corrected chi connectivity index (χ1v) is 7.49. The lowest BCUT2D eigenvalue weighted by molar-refractivity contribution is -0.139. The van der Waals surface area contributed by atoms with Gasteiger partial charge >= 0.3 is 12.0 Å². The molecule has 2 aliphatic rings. The molecule has 1 saturated carbocycles. The van der Waals surface area contributed by atoms with Gasteiger partial charge in [-0.3, -0.25) is 9.69 Å². The van der Waals surface area contributed by atoms with E-state index in [4.69, 9.17) is 5.11 Å². The van der Waals surface area contributed by atoms with Crippen LogP contribution in [0.15, 0.2) is 24.3 Å². The topological polar surface area (TPSA) is 69.6 Å². The standard InChI is InChI=1S/C16H20N2O3/c19-14(20)11-16(8-4-9-16)17-15(21)18-10-3-6-12-5-1-2-7-13(12)18/h1-2,5,7H,3-4,6,8-11H2,(H,17,21)(H,19,20). The number of nitrogens with one attached hydrogen (secondary N) is 1. The Balaban J connectivity index is 1.76. The average molecular weight is 288 g/mol. The van der Waals surface area contributed by atoms with Crippen LogP contribution in [0.2, 0.25) is 0 Å². The van der Waals surface area contributed by atoms with Crippen LogP contribution in [0.3, 0.4) is 0 Å². The van der Waals surface area contributed by atoms with Crippen LogP contribution in [-0.2, 0) is 11.2 Å². The van der Waals surface area contributed by atoms with Gasteiger partial charge in [0.05, 0.1) is 12.0 Å². The Bertz CT molecular complexity index is 566. The van der Waals surface area contributed by atoms with Crippen molar-refractivity contribution in [1.82, 2.24) is 5.32 Å². The number of anilines is 1. The van der Waals surface area contributed by atoms with E-state index >= 15 is 0 Å². The maximum atomic E-state index is 12.6. The van der Waals surface area contributed by atoms with Crippen molar-refractivity contribution in [3.63, 3.8) is 0 Å². The molecule has 1 aliphatic heterocycles. The molecule has 5 heteroatoms. The fourth-order valence-electron chi connectivity index (χ4n) is 3.28. The number of hydrogen-bond donors (Lipinski definition) is 2. The van der Waals surface area contributed by atoms with E-state index in [1.807, 2.05) is 24.3 Å². The number of aliphatic carboxylic acids is 1. The number of para-hydroxylation sites is 1. The predicted octanol–water partition coefficient (Wildman–Crippen LogP) is 2.55. The Kier molecular flexibility index (Phi) is 3.57. The molecule has 1 aromatic carbocycles. The molecule has 5 nitrogen and oxygen atoms in total. The number of carbonyl (C=O) groups excluding carboxylic acids is 1. The van der Waals surface area contributed by atoms with Crippen LogP contribution < -0.4 is 10.2 Å². The van der Waals surface area contributed by atoms with Crippen molar-refractivity contribution in [3.8, 4) is 0 Å². The quantitative estimate of drug-likeness (QED) is 0.898. The van der Waals surface area contributed by atoms with Gasteiger partial charge in [0.25, 0.3) is 0 Å². The third-order valence-corrected chi connectivity index (χ3v) is 4.53. The Morgan fingerprint density at radius 1 is 1.24 bits per heavy atom. The number of fused-ring (bicyclic) bond motifs is 1. The van der Waals surface area contributed by atoms with E-state index in [1.165, 1.54) is 5.56 Å². The van der Waals surface area contributed by atoms with Crippen LogP contribution in [-0.4, -0.2) is 29.2 Å². The summed E-state index contributed by atoms with van der Waals surface area (Å²) in [4.78, 5) is 25.3. The molecule has 21 heavy (non-hydrogen) atoms. The summed E-state index contributed by atoms with van der Waals surface area (Å²) >= 11 is 0. The van der Waals surface area contributed by atoms with E-state index in [1.54, 1.807) is 4.90 Å².